The Balaban J connectivity index is 1.76. The fourth-order valence-corrected chi connectivity index (χ4v) is 4.84. The first kappa shape index (κ1) is 20.2. The van der Waals surface area contributed by atoms with Crippen LogP contribution < -0.4 is 14.4 Å². The van der Waals surface area contributed by atoms with Crippen molar-refractivity contribution < 1.29 is 17.9 Å². The number of thiophene rings is 1. The maximum absolute atomic E-state index is 12.5. The van der Waals surface area contributed by atoms with E-state index in [4.69, 9.17) is 4.74 Å². The predicted octanol–water partition coefficient (Wildman–Crippen LogP) is 3.63. The first-order valence-electron chi connectivity index (χ1n) is 8.74. The lowest BCUT2D eigenvalue weighted by atomic mass is 10.2. The van der Waals surface area contributed by atoms with Gasteiger partial charge < -0.3 is 10.1 Å². The average Bonchev–Trinajstić information content (AvgIpc) is 3.09. The summed E-state index contributed by atoms with van der Waals surface area (Å²) in [5, 5.41) is 3.76. The van der Waals surface area contributed by atoms with Crippen molar-refractivity contribution in [2.24, 2.45) is 0 Å². The summed E-state index contributed by atoms with van der Waals surface area (Å²) in [6.45, 7) is 2.56. The van der Waals surface area contributed by atoms with Crippen molar-refractivity contribution in [2.45, 2.75) is 13.5 Å². The number of nitrogens with one attached hydrogen (secondary N) is 1. The van der Waals surface area contributed by atoms with Gasteiger partial charge in [0.1, 0.15) is 5.75 Å². The predicted molar refractivity (Wildman–Crippen MR) is 114 cm³/mol. The molecule has 0 saturated heterocycles. The van der Waals surface area contributed by atoms with E-state index in [-0.39, 0.29) is 5.91 Å². The summed E-state index contributed by atoms with van der Waals surface area (Å²) in [4.78, 5) is 13.1. The van der Waals surface area contributed by atoms with Gasteiger partial charge in [0.25, 0.3) is 5.91 Å². The lowest BCUT2D eigenvalue weighted by molar-refractivity contribution is 0.0955. The Morgan fingerprint density at radius 2 is 1.86 bits per heavy atom. The van der Waals surface area contributed by atoms with Gasteiger partial charge in [0.15, 0.2) is 0 Å². The smallest absolute Gasteiger partial charge is 0.261 e. The van der Waals surface area contributed by atoms with Gasteiger partial charge in [0.2, 0.25) is 10.0 Å². The van der Waals surface area contributed by atoms with E-state index in [1.807, 2.05) is 30.3 Å². The van der Waals surface area contributed by atoms with E-state index in [0.29, 0.717) is 23.7 Å². The molecule has 0 bridgehead atoms. The Bertz CT molecular complexity index is 1090. The van der Waals surface area contributed by atoms with Crippen LogP contribution in [0.1, 0.15) is 22.2 Å². The molecule has 8 heteroatoms. The third-order valence-corrected chi connectivity index (χ3v) is 6.70. The Morgan fingerprint density at radius 3 is 2.46 bits per heavy atom. The fraction of sp³-hybridized carbons (Fsp3) is 0.250. The number of benzene rings is 2. The minimum atomic E-state index is -3.34. The number of sulfonamides is 1. The number of methoxy groups -OCH3 is 1. The van der Waals surface area contributed by atoms with E-state index < -0.39 is 10.0 Å². The van der Waals surface area contributed by atoms with Gasteiger partial charge in [-0.2, -0.15) is 0 Å². The van der Waals surface area contributed by atoms with E-state index in [2.05, 4.69) is 5.32 Å². The zero-order valence-corrected chi connectivity index (χ0v) is 17.6. The Kier molecular flexibility index (Phi) is 5.90. The van der Waals surface area contributed by atoms with Gasteiger partial charge in [0, 0.05) is 17.8 Å². The normalized spacial score (nSPS) is 11.4. The highest BCUT2D eigenvalue weighted by Gasteiger charge is 2.17. The number of nitrogens with zero attached hydrogens (tertiary/aromatic N) is 1. The van der Waals surface area contributed by atoms with Crippen LogP contribution in [0.2, 0.25) is 0 Å². The Hall–Kier alpha value is -2.58. The number of carbonyl (C=O) groups excluding carboxylic acids is 1. The second kappa shape index (κ2) is 8.20. The monoisotopic (exact) mass is 418 g/mol. The number of amides is 1. The maximum Gasteiger partial charge on any atom is 0.261 e. The topological polar surface area (TPSA) is 75.7 Å². The highest BCUT2D eigenvalue weighted by atomic mass is 32.2. The van der Waals surface area contributed by atoms with Crippen molar-refractivity contribution in [3.05, 3.63) is 59.0 Å². The van der Waals surface area contributed by atoms with Gasteiger partial charge in [-0.05, 0) is 54.3 Å². The molecule has 6 nitrogen and oxygen atoms in total. The lowest BCUT2D eigenvalue weighted by Gasteiger charge is -2.20. The molecule has 1 amide bonds. The fourth-order valence-electron chi connectivity index (χ4n) is 2.92. The second-order valence-corrected chi connectivity index (χ2v) is 9.28. The number of hydrogen-bond acceptors (Lipinski definition) is 5. The van der Waals surface area contributed by atoms with Crippen LogP contribution in [0.4, 0.5) is 5.69 Å². The number of ether oxygens (including phenoxy) is 1. The minimum absolute atomic E-state index is 0.158. The molecule has 0 atom stereocenters. The molecule has 1 N–H and O–H groups in total. The standard InChI is InChI=1S/C20H22N2O4S2/c1-4-22(28(3,24)25)16-7-10-18-15(11-16)12-19(27-18)20(23)21-13-14-5-8-17(26-2)9-6-14/h5-12H,4,13H2,1-3H3,(H,21,23). The van der Waals surface area contributed by atoms with Gasteiger partial charge in [-0.25, -0.2) is 8.42 Å². The summed E-state index contributed by atoms with van der Waals surface area (Å²) in [7, 11) is -1.73. The molecule has 0 radical (unpaired) electrons. The van der Waals surface area contributed by atoms with Gasteiger partial charge in [0.05, 0.1) is 23.9 Å². The minimum Gasteiger partial charge on any atom is -0.497 e. The van der Waals surface area contributed by atoms with Crippen LogP contribution in [0, 0.1) is 0 Å². The van der Waals surface area contributed by atoms with E-state index in [1.54, 1.807) is 32.2 Å². The highest BCUT2D eigenvalue weighted by Crippen LogP contribution is 2.30. The second-order valence-electron chi connectivity index (χ2n) is 6.29. The number of rotatable bonds is 7. The van der Waals surface area contributed by atoms with Crippen LogP contribution in [-0.2, 0) is 16.6 Å². The number of carbonyl (C=O) groups is 1. The van der Waals surface area contributed by atoms with Crippen molar-refractivity contribution in [1.82, 2.24) is 5.32 Å². The van der Waals surface area contributed by atoms with E-state index in [9.17, 15) is 13.2 Å². The molecular formula is C20H22N2O4S2. The first-order chi connectivity index (χ1) is 13.3. The molecule has 0 saturated carbocycles. The van der Waals surface area contributed by atoms with Crippen LogP contribution in [0.15, 0.2) is 48.5 Å². The molecular weight excluding hydrogens is 396 g/mol. The molecule has 0 unspecified atom stereocenters. The molecule has 3 aromatic rings. The third-order valence-electron chi connectivity index (χ3n) is 4.31. The molecule has 1 aromatic heterocycles. The largest absolute Gasteiger partial charge is 0.497 e. The number of fused-ring (bicyclic) bond motifs is 1. The van der Waals surface area contributed by atoms with Gasteiger partial charge in [-0.1, -0.05) is 12.1 Å². The zero-order chi connectivity index (χ0) is 20.3. The SMILES string of the molecule is CCN(c1ccc2sc(C(=O)NCc3ccc(OC)cc3)cc2c1)S(C)(=O)=O. The molecule has 0 spiro atoms. The molecule has 2 aromatic carbocycles. The van der Waals surface area contributed by atoms with Crippen LogP contribution in [0.5, 0.6) is 5.75 Å². The van der Waals surface area contributed by atoms with E-state index >= 15 is 0 Å². The molecule has 0 aliphatic rings. The summed E-state index contributed by atoms with van der Waals surface area (Å²) in [5.74, 6) is 0.611. The first-order valence-corrected chi connectivity index (χ1v) is 11.4. The number of hydrogen-bond donors (Lipinski definition) is 1. The summed E-state index contributed by atoms with van der Waals surface area (Å²) in [5.41, 5.74) is 1.57. The van der Waals surface area contributed by atoms with Crippen molar-refractivity contribution in [3.63, 3.8) is 0 Å². The van der Waals surface area contributed by atoms with Crippen LogP contribution >= 0.6 is 11.3 Å². The van der Waals surface area contributed by atoms with Gasteiger partial charge >= 0.3 is 0 Å². The highest BCUT2D eigenvalue weighted by molar-refractivity contribution is 7.92. The average molecular weight is 419 g/mol. The molecule has 0 aliphatic heterocycles. The summed E-state index contributed by atoms with van der Waals surface area (Å²) >= 11 is 1.38. The summed E-state index contributed by atoms with van der Waals surface area (Å²) in [6, 6.07) is 14.7. The van der Waals surface area contributed by atoms with Crippen LogP contribution in [0.25, 0.3) is 10.1 Å². The molecule has 0 aliphatic carbocycles. The zero-order valence-electron chi connectivity index (χ0n) is 15.9. The van der Waals surface area contributed by atoms with Gasteiger partial charge in [-0.3, -0.25) is 9.10 Å². The van der Waals surface area contributed by atoms with Crippen molar-refractivity contribution in [3.8, 4) is 5.75 Å². The van der Waals surface area contributed by atoms with Crippen LogP contribution in [-0.4, -0.2) is 34.2 Å². The molecule has 28 heavy (non-hydrogen) atoms. The van der Waals surface area contributed by atoms with Crippen molar-refractivity contribution in [2.75, 3.05) is 24.2 Å². The Labute approximate surface area is 168 Å². The third kappa shape index (κ3) is 4.45. The van der Waals surface area contributed by atoms with E-state index in [0.717, 1.165) is 21.4 Å². The summed E-state index contributed by atoms with van der Waals surface area (Å²) in [6.07, 6.45) is 1.19. The molecule has 1 heterocycles. The van der Waals surface area contributed by atoms with Crippen molar-refractivity contribution >= 4 is 43.0 Å². The van der Waals surface area contributed by atoms with Crippen LogP contribution in [0.3, 0.4) is 0 Å². The van der Waals surface area contributed by atoms with Gasteiger partial charge in [-0.15, -0.1) is 11.3 Å². The molecule has 0 fully saturated rings. The van der Waals surface area contributed by atoms with Crippen molar-refractivity contribution in [1.29, 1.82) is 0 Å². The lowest BCUT2D eigenvalue weighted by Crippen LogP contribution is -2.29. The Morgan fingerprint density at radius 1 is 1.14 bits per heavy atom. The van der Waals surface area contributed by atoms with E-state index in [1.165, 1.54) is 21.9 Å². The maximum atomic E-state index is 12.5. The molecule has 148 valence electrons. The number of anilines is 1. The quantitative estimate of drug-likeness (QED) is 0.636. The molecule has 3 rings (SSSR count). The summed E-state index contributed by atoms with van der Waals surface area (Å²) < 4.78 is 31.3.